The number of nitro groups is 1. The number of hydrogen-bond donors (Lipinski definition) is 2. The summed E-state index contributed by atoms with van der Waals surface area (Å²) in [6.07, 6.45) is 3.27. The summed E-state index contributed by atoms with van der Waals surface area (Å²) >= 11 is 0. The molecule has 0 saturated heterocycles. The maximum absolute atomic E-state index is 11.0. The lowest BCUT2D eigenvalue weighted by molar-refractivity contribution is -0.384. The molecule has 0 radical (unpaired) electrons. The van der Waals surface area contributed by atoms with Gasteiger partial charge in [0.05, 0.1) is 17.1 Å². The lowest BCUT2D eigenvalue weighted by Gasteiger charge is -2.29. The van der Waals surface area contributed by atoms with Crippen molar-refractivity contribution in [3.63, 3.8) is 0 Å². The van der Waals surface area contributed by atoms with Gasteiger partial charge >= 0.3 is 0 Å². The number of aliphatic hydroxyl groups is 1. The van der Waals surface area contributed by atoms with Gasteiger partial charge in [0.25, 0.3) is 5.69 Å². The van der Waals surface area contributed by atoms with E-state index in [-0.39, 0.29) is 16.7 Å². The highest BCUT2D eigenvalue weighted by molar-refractivity contribution is 5.63. The van der Waals surface area contributed by atoms with Gasteiger partial charge in [0, 0.05) is 6.07 Å². The Labute approximate surface area is 106 Å². The lowest BCUT2D eigenvalue weighted by atomic mass is 9.92. The smallest absolute Gasteiger partial charge is 0.292 e. The molecule has 1 fully saturated rings. The molecule has 98 valence electrons. The van der Waals surface area contributed by atoms with E-state index in [1.54, 1.807) is 12.1 Å². The molecule has 2 rings (SSSR count). The molecule has 0 bridgehead atoms. The highest BCUT2D eigenvalue weighted by Crippen LogP contribution is 2.29. The summed E-state index contributed by atoms with van der Waals surface area (Å²) in [5.41, 5.74) is 1.43. The topological polar surface area (TPSA) is 75.4 Å². The van der Waals surface area contributed by atoms with Gasteiger partial charge in [0.2, 0.25) is 0 Å². The van der Waals surface area contributed by atoms with Crippen molar-refractivity contribution < 1.29 is 10.0 Å². The number of benzene rings is 1. The van der Waals surface area contributed by atoms with Gasteiger partial charge in [-0.25, -0.2) is 0 Å². The molecule has 0 aromatic heterocycles. The first-order valence-corrected chi connectivity index (χ1v) is 6.27. The first-order valence-electron chi connectivity index (χ1n) is 6.27. The monoisotopic (exact) mass is 250 g/mol. The number of aryl methyl sites for hydroxylation is 1. The van der Waals surface area contributed by atoms with Crippen LogP contribution >= 0.6 is 0 Å². The zero-order valence-electron chi connectivity index (χ0n) is 10.4. The minimum atomic E-state index is -0.417. The summed E-state index contributed by atoms with van der Waals surface area (Å²) in [4.78, 5) is 10.6. The van der Waals surface area contributed by atoms with Gasteiger partial charge in [-0.2, -0.15) is 0 Å². The van der Waals surface area contributed by atoms with Crippen molar-refractivity contribution in [2.75, 3.05) is 5.32 Å². The Hall–Kier alpha value is -1.62. The average Bonchev–Trinajstić information content (AvgIpc) is 2.34. The van der Waals surface area contributed by atoms with E-state index in [2.05, 4.69) is 5.32 Å². The van der Waals surface area contributed by atoms with Crippen LogP contribution in [0.4, 0.5) is 11.4 Å². The van der Waals surface area contributed by atoms with Gasteiger partial charge in [-0.1, -0.05) is 18.9 Å². The van der Waals surface area contributed by atoms with Crippen molar-refractivity contribution in [1.82, 2.24) is 0 Å². The van der Waals surface area contributed by atoms with E-state index in [1.165, 1.54) is 0 Å². The van der Waals surface area contributed by atoms with E-state index in [0.717, 1.165) is 31.2 Å². The largest absolute Gasteiger partial charge is 0.391 e. The predicted molar refractivity (Wildman–Crippen MR) is 69.7 cm³/mol. The van der Waals surface area contributed by atoms with E-state index in [0.29, 0.717) is 5.69 Å². The summed E-state index contributed by atoms with van der Waals surface area (Å²) in [6.45, 7) is 1.83. The second-order valence-corrected chi connectivity index (χ2v) is 4.88. The summed E-state index contributed by atoms with van der Waals surface area (Å²) in [7, 11) is 0. The zero-order chi connectivity index (χ0) is 13.1. The number of nitrogens with zero attached hydrogens (tertiary/aromatic N) is 1. The molecule has 0 unspecified atom stereocenters. The molecular formula is C13H18N2O3. The molecule has 1 saturated carbocycles. The normalized spacial score (nSPS) is 23.7. The van der Waals surface area contributed by atoms with Crippen LogP contribution in [0.1, 0.15) is 31.2 Å². The van der Waals surface area contributed by atoms with Crippen molar-refractivity contribution in [1.29, 1.82) is 0 Å². The highest BCUT2D eigenvalue weighted by Gasteiger charge is 2.25. The van der Waals surface area contributed by atoms with Gasteiger partial charge in [-0.05, 0) is 31.4 Å². The Morgan fingerprint density at radius 1 is 1.39 bits per heavy atom. The van der Waals surface area contributed by atoms with Crippen LogP contribution < -0.4 is 5.32 Å². The van der Waals surface area contributed by atoms with Crippen molar-refractivity contribution in [3.05, 3.63) is 33.9 Å². The van der Waals surface area contributed by atoms with E-state index >= 15 is 0 Å². The zero-order valence-corrected chi connectivity index (χ0v) is 10.4. The quantitative estimate of drug-likeness (QED) is 0.638. The number of aliphatic hydroxyl groups excluding tert-OH is 1. The summed E-state index contributed by atoms with van der Waals surface area (Å²) in [5.74, 6) is 0. The Kier molecular flexibility index (Phi) is 3.81. The number of hydrogen-bond acceptors (Lipinski definition) is 4. The van der Waals surface area contributed by atoms with Gasteiger partial charge in [0.1, 0.15) is 5.69 Å². The van der Waals surface area contributed by atoms with Crippen LogP contribution in [0.5, 0.6) is 0 Å². The molecular weight excluding hydrogens is 232 g/mol. The molecule has 5 nitrogen and oxygen atoms in total. The number of nitro benzene ring substituents is 1. The van der Waals surface area contributed by atoms with E-state index in [4.69, 9.17) is 0 Å². The van der Waals surface area contributed by atoms with Crippen LogP contribution in [0.15, 0.2) is 18.2 Å². The van der Waals surface area contributed by atoms with Crippen molar-refractivity contribution >= 4 is 11.4 Å². The fraction of sp³-hybridized carbons (Fsp3) is 0.538. The summed E-state index contributed by atoms with van der Waals surface area (Å²) in [6, 6.07) is 5.02. The fourth-order valence-electron chi connectivity index (χ4n) is 2.39. The van der Waals surface area contributed by atoms with Gasteiger partial charge in [-0.15, -0.1) is 0 Å². The molecule has 2 atom stereocenters. The minimum Gasteiger partial charge on any atom is -0.391 e. The minimum absolute atomic E-state index is 0.0766. The molecule has 1 aromatic carbocycles. The van der Waals surface area contributed by atoms with Crippen molar-refractivity contribution in [2.24, 2.45) is 0 Å². The third kappa shape index (κ3) is 2.79. The van der Waals surface area contributed by atoms with Crippen molar-refractivity contribution in [2.45, 2.75) is 44.8 Å². The molecule has 0 spiro atoms. The molecule has 0 amide bonds. The second-order valence-electron chi connectivity index (χ2n) is 4.88. The standard InChI is InChI=1S/C13H18N2O3/c1-9-6-7-10(12(8-9)15(17)18)14-11-4-2-3-5-13(11)16/h6-8,11,13-14,16H,2-5H2,1H3/t11-,13-/m0/s1. The Morgan fingerprint density at radius 3 is 2.78 bits per heavy atom. The number of anilines is 1. The molecule has 1 aliphatic rings. The second kappa shape index (κ2) is 5.35. The molecule has 0 aliphatic heterocycles. The van der Waals surface area contributed by atoms with Crippen LogP contribution in [-0.2, 0) is 0 Å². The molecule has 0 heterocycles. The van der Waals surface area contributed by atoms with E-state index in [1.807, 2.05) is 13.0 Å². The van der Waals surface area contributed by atoms with E-state index in [9.17, 15) is 15.2 Å². The molecule has 1 aromatic rings. The maximum atomic E-state index is 11.0. The van der Waals surface area contributed by atoms with Crippen LogP contribution in [0, 0.1) is 17.0 Å². The third-order valence-corrected chi connectivity index (χ3v) is 3.42. The molecule has 1 aliphatic carbocycles. The molecule has 18 heavy (non-hydrogen) atoms. The molecule has 5 heteroatoms. The first kappa shape index (κ1) is 12.8. The summed E-state index contributed by atoms with van der Waals surface area (Å²) < 4.78 is 0. The Bertz CT molecular complexity index is 448. The van der Waals surface area contributed by atoms with Crippen molar-refractivity contribution in [3.8, 4) is 0 Å². The average molecular weight is 250 g/mol. The van der Waals surface area contributed by atoms with Gasteiger partial charge < -0.3 is 10.4 Å². The highest BCUT2D eigenvalue weighted by atomic mass is 16.6. The third-order valence-electron chi connectivity index (χ3n) is 3.42. The van der Waals surface area contributed by atoms with Gasteiger partial charge in [-0.3, -0.25) is 10.1 Å². The maximum Gasteiger partial charge on any atom is 0.292 e. The number of rotatable bonds is 3. The van der Waals surface area contributed by atoms with Crippen LogP contribution in [-0.4, -0.2) is 22.2 Å². The fourth-order valence-corrected chi connectivity index (χ4v) is 2.39. The molecule has 2 N–H and O–H groups in total. The lowest BCUT2D eigenvalue weighted by Crippen LogP contribution is -2.36. The summed E-state index contributed by atoms with van der Waals surface area (Å²) in [5, 5.41) is 24.0. The van der Waals surface area contributed by atoms with Crippen LogP contribution in [0.2, 0.25) is 0 Å². The van der Waals surface area contributed by atoms with Crippen LogP contribution in [0.25, 0.3) is 0 Å². The Balaban J connectivity index is 2.20. The van der Waals surface area contributed by atoms with Gasteiger partial charge in [0.15, 0.2) is 0 Å². The number of nitrogens with one attached hydrogen (secondary N) is 1. The Morgan fingerprint density at radius 2 is 2.11 bits per heavy atom. The van der Waals surface area contributed by atoms with Crippen LogP contribution in [0.3, 0.4) is 0 Å². The van der Waals surface area contributed by atoms with E-state index < -0.39 is 6.10 Å². The predicted octanol–water partition coefficient (Wildman–Crippen LogP) is 2.62. The first-order chi connectivity index (χ1) is 8.58. The SMILES string of the molecule is Cc1ccc(N[C@H]2CCCC[C@@H]2O)c([N+](=O)[O-])c1.